The molecule has 0 unspecified atom stereocenters. The Bertz CT molecular complexity index is 1360. The Morgan fingerprint density at radius 2 is 2.00 bits per heavy atom. The Balaban J connectivity index is 1.54. The minimum absolute atomic E-state index is 0.00805. The number of carbonyl (C=O) groups excluding carboxylic acids is 1. The van der Waals surface area contributed by atoms with Gasteiger partial charge in [0.15, 0.2) is 10.7 Å². The van der Waals surface area contributed by atoms with Gasteiger partial charge in [0.05, 0.1) is 16.1 Å². The maximum absolute atomic E-state index is 12.5. The average Bonchev–Trinajstić information content (AvgIpc) is 3.19. The number of hydrogen-bond donors (Lipinski definition) is 3. The molecule has 0 aliphatic carbocycles. The zero-order chi connectivity index (χ0) is 22.8. The second kappa shape index (κ2) is 9.28. The number of anilines is 1. The van der Waals surface area contributed by atoms with E-state index in [0.29, 0.717) is 27.4 Å². The molecule has 0 spiro atoms. The van der Waals surface area contributed by atoms with Crippen LogP contribution in [0.5, 0.6) is 5.75 Å². The maximum atomic E-state index is 12.5. The fraction of sp³-hybridized carbons (Fsp3) is 0.0870. The molecule has 6 nitrogen and oxygen atoms in total. The van der Waals surface area contributed by atoms with Crippen molar-refractivity contribution in [1.29, 1.82) is 0 Å². The number of aryl methyl sites for hydroxylation is 1. The number of aromatic nitrogens is 1. The van der Waals surface area contributed by atoms with Crippen molar-refractivity contribution < 1.29 is 14.3 Å². The van der Waals surface area contributed by atoms with Gasteiger partial charge >= 0.3 is 0 Å². The Morgan fingerprint density at radius 1 is 1.19 bits per heavy atom. The van der Waals surface area contributed by atoms with Crippen molar-refractivity contribution in [2.24, 2.45) is 0 Å². The molecule has 0 aliphatic heterocycles. The van der Waals surface area contributed by atoms with Crippen molar-refractivity contribution in [1.82, 2.24) is 10.3 Å². The van der Waals surface area contributed by atoms with E-state index >= 15 is 0 Å². The van der Waals surface area contributed by atoms with Gasteiger partial charge in [-0.05, 0) is 72.7 Å². The molecule has 162 valence electrons. The molecule has 3 N–H and O–H groups in total. The Kier molecular flexibility index (Phi) is 6.45. The highest BCUT2D eigenvalue weighted by Gasteiger charge is 2.16. The van der Waals surface area contributed by atoms with Gasteiger partial charge in [-0.2, -0.15) is 0 Å². The Labute approximate surface area is 202 Å². The van der Waals surface area contributed by atoms with Gasteiger partial charge in [-0.25, -0.2) is 4.98 Å². The van der Waals surface area contributed by atoms with Crippen LogP contribution in [0.4, 0.5) is 5.69 Å². The van der Waals surface area contributed by atoms with Crippen LogP contribution in [-0.2, 0) is 6.42 Å². The van der Waals surface area contributed by atoms with E-state index in [-0.39, 0.29) is 22.3 Å². The lowest BCUT2D eigenvalue weighted by Gasteiger charge is -2.11. The molecule has 1 amide bonds. The molecule has 1 heterocycles. The van der Waals surface area contributed by atoms with E-state index in [9.17, 15) is 9.90 Å². The van der Waals surface area contributed by atoms with Gasteiger partial charge in [0.2, 0.25) is 5.89 Å². The summed E-state index contributed by atoms with van der Waals surface area (Å²) in [5, 5.41) is 16.3. The average molecular weight is 531 g/mol. The fourth-order valence-corrected chi connectivity index (χ4v) is 3.87. The van der Waals surface area contributed by atoms with Crippen LogP contribution in [0.3, 0.4) is 0 Å². The molecule has 0 radical (unpaired) electrons. The number of amides is 1. The van der Waals surface area contributed by atoms with Crippen molar-refractivity contribution in [3.8, 4) is 17.2 Å². The summed E-state index contributed by atoms with van der Waals surface area (Å²) in [6, 6.07) is 15.5. The third-order valence-corrected chi connectivity index (χ3v) is 5.77. The van der Waals surface area contributed by atoms with Gasteiger partial charge in [0.25, 0.3) is 5.91 Å². The molecule has 9 heteroatoms. The number of halogens is 2. The molecule has 1 aromatic heterocycles. The highest BCUT2D eigenvalue weighted by Crippen LogP contribution is 2.33. The molecule has 0 atom stereocenters. The van der Waals surface area contributed by atoms with Gasteiger partial charge in [-0.3, -0.25) is 10.1 Å². The molecule has 0 fully saturated rings. The predicted molar refractivity (Wildman–Crippen MR) is 133 cm³/mol. The zero-order valence-electron chi connectivity index (χ0n) is 16.8. The van der Waals surface area contributed by atoms with Gasteiger partial charge in [-0.1, -0.05) is 40.5 Å². The number of fused-ring (bicyclic) bond motifs is 1. The zero-order valence-corrected chi connectivity index (χ0v) is 19.9. The Hall–Kier alpha value is -2.94. The summed E-state index contributed by atoms with van der Waals surface area (Å²) in [4.78, 5) is 17.0. The smallest absolute Gasteiger partial charge is 0.258 e. The number of hydrogen-bond acceptors (Lipinski definition) is 5. The van der Waals surface area contributed by atoms with E-state index < -0.39 is 5.91 Å². The van der Waals surface area contributed by atoms with Crippen LogP contribution >= 0.6 is 39.7 Å². The molecule has 4 rings (SSSR count). The second-order valence-electron chi connectivity index (χ2n) is 6.94. The molecule has 0 aliphatic rings. The molecule has 0 bridgehead atoms. The number of carbonyl (C=O) groups is 1. The monoisotopic (exact) mass is 529 g/mol. The largest absolute Gasteiger partial charge is 0.507 e. The summed E-state index contributed by atoms with van der Waals surface area (Å²) in [5.74, 6) is -0.155. The number of oxazole rings is 1. The highest BCUT2D eigenvalue weighted by atomic mass is 79.9. The lowest BCUT2D eigenvalue weighted by atomic mass is 10.1. The van der Waals surface area contributed by atoms with Gasteiger partial charge in [0, 0.05) is 10.2 Å². The number of phenolic OH excluding ortho intramolecular Hbond substituents is 1. The van der Waals surface area contributed by atoms with Crippen LogP contribution < -0.4 is 10.6 Å². The summed E-state index contributed by atoms with van der Waals surface area (Å²) in [5.41, 5.74) is 3.71. The molecular formula is C23H17BrClN3O3S. The van der Waals surface area contributed by atoms with E-state index in [1.54, 1.807) is 30.3 Å². The number of thiocarbonyl (C=S) groups is 1. The van der Waals surface area contributed by atoms with Crippen molar-refractivity contribution >= 4 is 67.6 Å². The topological polar surface area (TPSA) is 87.4 Å². The van der Waals surface area contributed by atoms with Crippen molar-refractivity contribution in [2.75, 3.05) is 5.32 Å². The molecule has 0 saturated heterocycles. The quantitative estimate of drug-likeness (QED) is 0.212. The number of phenols is 1. The standard InChI is InChI=1S/C23H17BrClN3O3S/c1-2-12-3-8-20-18(9-12)27-22(31-20)16-11-14(5-7-19(16)29)26-23(32)28-21(30)15-10-13(24)4-6-17(15)25/h3-11,29H,2H2,1H3,(H2,26,28,30,32). The SMILES string of the molecule is CCc1ccc2oc(-c3cc(NC(=S)NC(=O)c4cc(Br)ccc4Cl)ccc3O)nc2c1. The number of aromatic hydroxyl groups is 1. The van der Waals surface area contributed by atoms with Crippen LogP contribution in [0.15, 0.2) is 63.5 Å². The normalized spacial score (nSPS) is 10.8. The maximum Gasteiger partial charge on any atom is 0.258 e. The number of rotatable bonds is 4. The second-order valence-corrected chi connectivity index (χ2v) is 8.67. The lowest BCUT2D eigenvalue weighted by molar-refractivity contribution is 0.0978. The minimum atomic E-state index is -0.446. The number of nitrogens with zero attached hydrogens (tertiary/aromatic N) is 1. The highest BCUT2D eigenvalue weighted by molar-refractivity contribution is 9.10. The van der Waals surface area contributed by atoms with Crippen molar-refractivity contribution in [2.45, 2.75) is 13.3 Å². The van der Waals surface area contributed by atoms with E-state index in [1.165, 1.54) is 6.07 Å². The van der Waals surface area contributed by atoms with Gasteiger partial charge in [0.1, 0.15) is 11.3 Å². The molecular weight excluding hydrogens is 514 g/mol. The van der Waals surface area contributed by atoms with E-state index in [1.807, 2.05) is 18.2 Å². The van der Waals surface area contributed by atoms with Crippen LogP contribution in [0, 0.1) is 0 Å². The molecule has 32 heavy (non-hydrogen) atoms. The third kappa shape index (κ3) is 4.77. The van der Waals surface area contributed by atoms with E-state index in [2.05, 4.69) is 38.5 Å². The first-order valence-corrected chi connectivity index (χ1v) is 11.2. The lowest BCUT2D eigenvalue weighted by Crippen LogP contribution is -2.34. The van der Waals surface area contributed by atoms with Gasteiger partial charge < -0.3 is 14.8 Å². The number of nitrogens with one attached hydrogen (secondary N) is 2. The van der Waals surface area contributed by atoms with Crippen LogP contribution in [0.1, 0.15) is 22.8 Å². The molecule has 0 saturated carbocycles. The summed E-state index contributed by atoms with van der Waals surface area (Å²) in [7, 11) is 0. The molecule has 3 aromatic carbocycles. The third-order valence-electron chi connectivity index (χ3n) is 4.75. The Morgan fingerprint density at radius 3 is 2.78 bits per heavy atom. The summed E-state index contributed by atoms with van der Waals surface area (Å²) in [6.45, 7) is 2.06. The van der Waals surface area contributed by atoms with Crippen molar-refractivity contribution in [3.63, 3.8) is 0 Å². The summed E-state index contributed by atoms with van der Waals surface area (Å²) in [6.07, 6.45) is 0.886. The first-order chi connectivity index (χ1) is 15.3. The van der Waals surface area contributed by atoms with Crippen LogP contribution in [0.25, 0.3) is 22.6 Å². The van der Waals surface area contributed by atoms with Crippen LogP contribution in [-0.4, -0.2) is 21.1 Å². The summed E-state index contributed by atoms with van der Waals surface area (Å²) >= 11 is 14.7. The molecule has 4 aromatic rings. The fourth-order valence-electron chi connectivity index (χ4n) is 3.10. The van der Waals surface area contributed by atoms with E-state index in [4.69, 9.17) is 28.2 Å². The minimum Gasteiger partial charge on any atom is -0.507 e. The van der Waals surface area contributed by atoms with E-state index in [0.717, 1.165) is 16.5 Å². The van der Waals surface area contributed by atoms with Crippen LogP contribution in [0.2, 0.25) is 5.02 Å². The first-order valence-electron chi connectivity index (χ1n) is 9.64. The number of benzene rings is 3. The summed E-state index contributed by atoms with van der Waals surface area (Å²) < 4.78 is 6.54. The van der Waals surface area contributed by atoms with Gasteiger partial charge in [-0.15, -0.1) is 0 Å². The first kappa shape index (κ1) is 22.3. The predicted octanol–water partition coefficient (Wildman–Crippen LogP) is 6.31. The van der Waals surface area contributed by atoms with Crippen molar-refractivity contribution in [3.05, 3.63) is 75.2 Å².